The predicted octanol–water partition coefficient (Wildman–Crippen LogP) is 2.39. The lowest BCUT2D eigenvalue weighted by molar-refractivity contribution is -0.122. The normalized spacial score (nSPS) is 13.8. The van der Waals surface area contributed by atoms with Crippen LogP contribution >= 0.6 is 11.6 Å². The number of hydrogen-bond acceptors (Lipinski definition) is 4. The third-order valence-corrected chi connectivity index (χ3v) is 5.98. The number of sulfone groups is 1. The maximum Gasteiger partial charge on any atom is 0.238 e. The molecule has 0 aliphatic rings. The second-order valence-electron chi connectivity index (χ2n) is 5.60. The monoisotopic (exact) mass is 332 g/mol. The lowest BCUT2D eigenvalue weighted by atomic mass is 10.0. The van der Waals surface area contributed by atoms with Crippen molar-refractivity contribution in [2.75, 3.05) is 5.73 Å². The second-order valence-corrected chi connectivity index (χ2v) is 8.25. The van der Waals surface area contributed by atoms with Crippen molar-refractivity contribution in [1.29, 1.82) is 0 Å². The molecule has 3 N–H and O–H groups in total. The van der Waals surface area contributed by atoms with Crippen LogP contribution in [-0.4, -0.2) is 25.1 Å². The maximum absolute atomic E-state index is 12.5. The van der Waals surface area contributed by atoms with Crippen molar-refractivity contribution >= 4 is 33.0 Å². The van der Waals surface area contributed by atoms with Gasteiger partial charge in [0, 0.05) is 11.2 Å². The van der Waals surface area contributed by atoms with E-state index in [0.29, 0.717) is 12.1 Å². The third-order valence-electron chi connectivity index (χ3n) is 3.44. The fourth-order valence-electron chi connectivity index (χ4n) is 1.60. The Hall–Kier alpha value is -1.27. The summed E-state index contributed by atoms with van der Waals surface area (Å²) in [5.74, 6) is -0.547. The molecule has 1 atom stereocenters. The Labute approximate surface area is 130 Å². The summed E-state index contributed by atoms with van der Waals surface area (Å²) < 4.78 is 25.0. The van der Waals surface area contributed by atoms with Crippen molar-refractivity contribution in [1.82, 2.24) is 5.32 Å². The minimum absolute atomic E-state index is 0.0180. The molecule has 0 bridgehead atoms. The van der Waals surface area contributed by atoms with Gasteiger partial charge in [0.25, 0.3) is 0 Å². The summed E-state index contributed by atoms with van der Waals surface area (Å²) in [5.41, 5.74) is 5.45. The minimum Gasteiger partial charge on any atom is -0.399 e. The van der Waals surface area contributed by atoms with E-state index < -0.39 is 26.5 Å². The van der Waals surface area contributed by atoms with Crippen molar-refractivity contribution in [3.63, 3.8) is 0 Å². The summed E-state index contributed by atoms with van der Waals surface area (Å²) >= 11 is 5.93. The van der Waals surface area contributed by atoms with E-state index in [0.717, 1.165) is 0 Å². The Balaban J connectivity index is 3.10. The molecule has 5 nitrogen and oxygen atoms in total. The summed E-state index contributed by atoms with van der Waals surface area (Å²) in [4.78, 5) is 12.1. The van der Waals surface area contributed by atoms with Crippen LogP contribution < -0.4 is 11.1 Å². The van der Waals surface area contributed by atoms with Gasteiger partial charge in [0.15, 0.2) is 9.84 Å². The van der Waals surface area contributed by atoms with Crippen LogP contribution in [0, 0.1) is 0 Å². The third kappa shape index (κ3) is 4.11. The lowest BCUT2D eigenvalue weighted by Gasteiger charge is -2.26. The Morgan fingerprint density at radius 1 is 1.43 bits per heavy atom. The zero-order chi connectivity index (χ0) is 16.4. The average Bonchev–Trinajstić information content (AvgIpc) is 2.36. The standard InChI is InChI=1S/C14H21ClN2O3S/c1-5-14(3,4)17-13(18)9(2)21(19,20)12-7-6-10(16)8-11(12)15/h6-9H,5,16H2,1-4H3,(H,17,18). The summed E-state index contributed by atoms with van der Waals surface area (Å²) in [6.45, 7) is 6.93. The molecule has 0 saturated heterocycles. The van der Waals surface area contributed by atoms with Gasteiger partial charge in [-0.1, -0.05) is 18.5 Å². The number of halogens is 1. The second kappa shape index (κ2) is 6.23. The van der Waals surface area contributed by atoms with Gasteiger partial charge in [-0.25, -0.2) is 8.42 Å². The van der Waals surface area contributed by atoms with Gasteiger partial charge in [-0.15, -0.1) is 0 Å². The number of carbonyl (C=O) groups excluding carboxylic acids is 1. The molecule has 0 heterocycles. The first-order valence-electron chi connectivity index (χ1n) is 6.62. The zero-order valence-electron chi connectivity index (χ0n) is 12.6. The van der Waals surface area contributed by atoms with Crippen LogP contribution in [0.1, 0.15) is 34.1 Å². The molecule has 21 heavy (non-hydrogen) atoms. The van der Waals surface area contributed by atoms with E-state index in [1.165, 1.54) is 25.1 Å². The number of hydrogen-bond donors (Lipinski definition) is 2. The lowest BCUT2D eigenvalue weighted by Crippen LogP contribution is -2.48. The minimum atomic E-state index is -3.87. The van der Waals surface area contributed by atoms with Crippen LogP contribution in [0.25, 0.3) is 0 Å². The summed E-state index contributed by atoms with van der Waals surface area (Å²) in [6.07, 6.45) is 0.689. The number of rotatable bonds is 5. The van der Waals surface area contributed by atoms with Crippen LogP contribution in [0.4, 0.5) is 5.69 Å². The number of anilines is 1. The smallest absolute Gasteiger partial charge is 0.238 e. The first kappa shape index (κ1) is 17.8. The van der Waals surface area contributed by atoms with E-state index in [2.05, 4.69) is 5.32 Å². The Morgan fingerprint density at radius 3 is 2.48 bits per heavy atom. The van der Waals surface area contributed by atoms with Crippen LogP contribution in [0.3, 0.4) is 0 Å². The van der Waals surface area contributed by atoms with Gasteiger partial charge in [0.05, 0.1) is 9.92 Å². The molecular weight excluding hydrogens is 312 g/mol. The number of nitrogens with two attached hydrogens (primary N) is 1. The highest BCUT2D eigenvalue weighted by atomic mass is 35.5. The molecule has 118 valence electrons. The molecule has 0 fully saturated rings. The molecule has 0 aliphatic heterocycles. The Bertz CT molecular complexity index is 642. The topological polar surface area (TPSA) is 89.3 Å². The molecule has 0 aliphatic carbocycles. The number of carbonyl (C=O) groups is 1. The van der Waals surface area contributed by atoms with Gasteiger partial charge in [-0.3, -0.25) is 4.79 Å². The molecule has 0 spiro atoms. The number of nitrogens with one attached hydrogen (secondary N) is 1. The van der Waals surface area contributed by atoms with Gasteiger partial charge in [0.2, 0.25) is 5.91 Å². The fraction of sp³-hybridized carbons (Fsp3) is 0.500. The molecule has 1 aromatic rings. The summed E-state index contributed by atoms with van der Waals surface area (Å²) in [5, 5.41) is 1.51. The summed E-state index contributed by atoms with van der Waals surface area (Å²) in [6, 6.07) is 4.12. The highest BCUT2D eigenvalue weighted by molar-refractivity contribution is 7.92. The molecule has 1 amide bonds. The van der Waals surface area contributed by atoms with Crippen LogP contribution in [0.2, 0.25) is 5.02 Å². The predicted molar refractivity (Wildman–Crippen MR) is 85.0 cm³/mol. The maximum atomic E-state index is 12.5. The van der Waals surface area contributed by atoms with Gasteiger partial charge >= 0.3 is 0 Å². The molecule has 1 aromatic carbocycles. The van der Waals surface area contributed by atoms with Crippen LogP contribution in [-0.2, 0) is 14.6 Å². The van der Waals surface area contributed by atoms with E-state index in [1.54, 1.807) is 0 Å². The van der Waals surface area contributed by atoms with Crippen LogP contribution in [0.5, 0.6) is 0 Å². The fourth-order valence-corrected chi connectivity index (χ4v) is 3.42. The van der Waals surface area contributed by atoms with E-state index in [9.17, 15) is 13.2 Å². The van der Waals surface area contributed by atoms with E-state index in [1.807, 2.05) is 20.8 Å². The quantitative estimate of drug-likeness (QED) is 0.810. The first-order chi connectivity index (χ1) is 9.51. The Kier molecular flexibility index (Phi) is 5.28. The van der Waals surface area contributed by atoms with Crippen molar-refractivity contribution in [2.45, 2.75) is 49.8 Å². The largest absolute Gasteiger partial charge is 0.399 e. The highest BCUT2D eigenvalue weighted by Gasteiger charge is 2.33. The van der Waals surface area contributed by atoms with Gasteiger partial charge in [0.1, 0.15) is 5.25 Å². The van der Waals surface area contributed by atoms with E-state index in [4.69, 9.17) is 17.3 Å². The molecule has 0 aromatic heterocycles. The van der Waals surface area contributed by atoms with Crippen molar-refractivity contribution in [3.8, 4) is 0 Å². The van der Waals surface area contributed by atoms with Gasteiger partial charge < -0.3 is 11.1 Å². The van der Waals surface area contributed by atoms with E-state index >= 15 is 0 Å². The number of benzene rings is 1. The molecule has 0 saturated carbocycles. The Morgan fingerprint density at radius 2 is 2.00 bits per heavy atom. The van der Waals surface area contributed by atoms with Crippen molar-refractivity contribution in [3.05, 3.63) is 23.2 Å². The van der Waals surface area contributed by atoms with Crippen molar-refractivity contribution < 1.29 is 13.2 Å². The SMILES string of the molecule is CCC(C)(C)NC(=O)C(C)S(=O)(=O)c1ccc(N)cc1Cl. The van der Waals surface area contributed by atoms with Crippen LogP contribution in [0.15, 0.2) is 23.1 Å². The molecular formula is C14H21ClN2O3S. The molecule has 0 radical (unpaired) electrons. The molecule has 1 rings (SSSR count). The average molecular weight is 333 g/mol. The molecule has 1 unspecified atom stereocenters. The van der Waals surface area contributed by atoms with Crippen molar-refractivity contribution in [2.24, 2.45) is 0 Å². The molecule has 7 heteroatoms. The van der Waals surface area contributed by atoms with Gasteiger partial charge in [-0.2, -0.15) is 0 Å². The summed E-state index contributed by atoms with van der Waals surface area (Å²) in [7, 11) is -3.87. The van der Waals surface area contributed by atoms with E-state index in [-0.39, 0.29) is 9.92 Å². The number of amides is 1. The highest BCUT2D eigenvalue weighted by Crippen LogP contribution is 2.27. The van der Waals surface area contributed by atoms with Gasteiger partial charge in [-0.05, 0) is 45.4 Å². The first-order valence-corrected chi connectivity index (χ1v) is 8.54. The number of nitrogen functional groups attached to an aromatic ring is 1. The zero-order valence-corrected chi connectivity index (χ0v) is 14.2.